The van der Waals surface area contributed by atoms with Gasteiger partial charge in [-0.3, -0.25) is 14.7 Å². The first kappa shape index (κ1) is 16.2. The Morgan fingerprint density at radius 1 is 1.46 bits per heavy atom. The zero-order chi connectivity index (χ0) is 18.1. The summed E-state index contributed by atoms with van der Waals surface area (Å²) in [4.78, 5) is 20.7. The number of allylic oxidation sites excluding steroid dienone is 1. The number of rotatable bonds is 2. The summed E-state index contributed by atoms with van der Waals surface area (Å²) in [6, 6.07) is 8.56. The molecule has 4 atom stereocenters. The molecule has 26 heavy (non-hydrogen) atoms. The molecule has 2 unspecified atom stereocenters. The number of piperidine rings is 1. The van der Waals surface area contributed by atoms with Crippen LogP contribution in [0.3, 0.4) is 0 Å². The molecule has 1 saturated carbocycles. The van der Waals surface area contributed by atoms with Crippen molar-refractivity contribution in [2.45, 2.75) is 31.2 Å². The highest BCUT2D eigenvalue weighted by Crippen LogP contribution is 2.63. The number of fused-ring (bicyclic) bond motifs is 2. The summed E-state index contributed by atoms with van der Waals surface area (Å²) >= 11 is 0. The molecule has 4 aliphatic rings. The zero-order valence-electron chi connectivity index (χ0n) is 15.2. The van der Waals surface area contributed by atoms with Crippen LogP contribution in [0.1, 0.15) is 25.3 Å². The Kier molecular flexibility index (Phi) is 3.29. The largest absolute Gasteiger partial charge is 0.468 e. The predicted molar refractivity (Wildman–Crippen MR) is 98.6 cm³/mol. The van der Waals surface area contributed by atoms with E-state index in [1.165, 1.54) is 18.2 Å². The summed E-state index contributed by atoms with van der Waals surface area (Å²) in [5.41, 5.74) is 2.86. The van der Waals surface area contributed by atoms with Crippen LogP contribution in [0.15, 0.2) is 40.9 Å². The molecular weight excluding hydrogens is 328 g/mol. The van der Waals surface area contributed by atoms with E-state index < -0.39 is 5.41 Å². The van der Waals surface area contributed by atoms with Gasteiger partial charge in [0.25, 0.3) is 0 Å². The summed E-state index contributed by atoms with van der Waals surface area (Å²) < 4.78 is 5.26. The van der Waals surface area contributed by atoms with Crippen LogP contribution < -0.4 is 0 Å². The fraction of sp³-hybridized carbons (Fsp3) is 0.524. The highest BCUT2D eigenvalue weighted by Gasteiger charge is 2.70. The Morgan fingerprint density at radius 2 is 2.27 bits per heavy atom. The zero-order valence-corrected chi connectivity index (χ0v) is 15.2. The van der Waals surface area contributed by atoms with Crippen LogP contribution >= 0.6 is 0 Å². The Morgan fingerprint density at radius 3 is 3.00 bits per heavy atom. The average Bonchev–Trinajstić information content (AvgIpc) is 3.24. The second-order valence-electron chi connectivity index (χ2n) is 7.96. The molecule has 136 valence electrons. The van der Waals surface area contributed by atoms with Gasteiger partial charge in [-0.1, -0.05) is 29.8 Å². The lowest BCUT2D eigenvalue weighted by atomic mass is 9.50. The quantitative estimate of drug-likeness (QED) is 0.655. The van der Waals surface area contributed by atoms with Crippen LogP contribution in [0.4, 0.5) is 5.69 Å². The number of aliphatic imine (C=N–C) groups is 1. The number of nitrogens with zero attached hydrogens (tertiary/aromatic N) is 2. The van der Waals surface area contributed by atoms with Gasteiger partial charge in [-0.25, -0.2) is 0 Å². The van der Waals surface area contributed by atoms with Crippen molar-refractivity contribution < 1.29 is 14.6 Å². The molecule has 1 aliphatic carbocycles. The molecule has 1 N–H and O–H groups in total. The molecule has 3 aliphatic heterocycles. The molecule has 5 heteroatoms. The normalized spacial score (nSPS) is 38.7. The van der Waals surface area contributed by atoms with Crippen molar-refractivity contribution in [3.05, 3.63) is 41.5 Å². The van der Waals surface area contributed by atoms with Crippen LogP contribution in [-0.2, 0) is 14.9 Å². The minimum atomic E-state index is -1.08. The van der Waals surface area contributed by atoms with Gasteiger partial charge in [-0.05, 0) is 31.4 Å². The van der Waals surface area contributed by atoms with Crippen molar-refractivity contribution in [3.63, 3.8) is 0 Å². The van der Waals surface area contributed by atoms with E-state index in [-0.39, 0.29) is 23.9 Å². The fourth-order valence-electron chi connectivity index (χ4n) is 6.24. The van der Waals surface area contributed by atoms with E-state index in [0.717, 1.165) is 37.3 Å². The van der Waals surface area contributed by atoms with Gasteiger partial charge in [-0.15, -0.1) is 0 Å². The van der Waals surface area contributed by atoms with Crippen LogP contribution in [0.5, 0.6) is 0 Å². The molecule has 0 radical (unpaired) electrons. The van der Waals surface area contributed by atoms with Crippen molar-refractivity contribution in [2.75, 3.05) is 26.8 Å². The standard InChI is InChI=1S/C21H24N2O3/c1-3-13-11-23-9-8-20-14-6-4-5-7-16(14)22-18(20)21(12-24,19(25)26-2)15(13)10-17(20)23/h3-7,15,17,24H,8-12H2,1-2H3/b13-3-/t15-,17-,20?,21?/m0/s1. The summed E-state index contributed by atoms with van der Waals surface area (Å²) in [7, 11) is 1.42. The number of benzene rings is 1. The van der Waals surface area contributed by atoms with Gasteiger partial charge in [0.05, 0.1) is 30.5 Å². The highest BCUT2D eigenvalue weighted by atomic mass is 16.5. The van der Waals surface area contributed by atoms with Crippen LogP contribution in [-0.4, -0.2) is 54.5 Å². The Labute approximate surface area is 153 Å². The summed E-state index contributed by atoms with van der Waals surface area (Å²) in [6.07, 6.45) is 3.92. The Bertz CT molecular complexity index is 861. The van der Waals surface area contributed by atoms with Gasteiger partial charge in [0.1, 0.15) is 5.41 Å². The molecule has 3 heterocycles. The molecular formula is C21H24N2O3. The second kappa shape index (κ2) is 5.27. The molecule has 2 saturated heterocycles. The number of hydrogen-bond donors (Lipinski definition) is 1. The third-order valence-electron chi connectivity index (χ3n) is 7.32. The second-order valence-corrected chi connectivity index (χ2v) is 7.96. The molecule has 2 bridgehead atoms. The maximum Gasteiger partial charge on any atom is 0.320 e. The van der Waals surface area contributed by atoms with Gasteiger partial charge < -0.3 is 9.84 Å². The summed E-state index contributed by atoms with van der Waals surface area (Å²) in [5.74, 6) is -0.403. The topological polar surface area (TPSA) is 62.1 Å². The van der Waals surface area contributed by atoms with Gasteiger partial charge in [0.15, 0.2) is 0 Å². The van der Waals surface area contributed by atoms with E-state index in [9.17, 15) is 9.90 Å². The van der Waals surface area contributed by atoms with Crippen molar-refractivity contribution in [1.29, 1.82) is 0 Å². The molecule has 0 aromatic heterocycles. The molecule has 1 spiro atoms. The smallest absolute Gasteiger partial charge is 0.320 e. The number of esters is 1. The van der Waals surface area contributed by atoms with Crippen molar-refractivity contribution >= 4 is 17.4 Å². The Balaban J connectivity index is 1.83. The molecule has 1 aromatic rings. The van der Waals surface area contributed by atoms with Crippen LogP contribution in [0.2, 0.25) is 0 Å². The van der Waals surface area contributed by atoms with Crippen LogP contribution in [0.25, 0.3) is 0 Å². The third kappa shape index (κ3) is 1.60. The van der Waals surface area contributed by atoms with Crippen molar-refractivity contribution in [1.82, 2.24) is 4.90 Å². The van der Waals surface area contributed by atoms with E-state index in [1.807, 2.05) is 19.1 Å². The lowest BCUT2D eigenvalue weighted by Gasteiger charge is -2.56. The lowest BCUT2D eigenvalue weighted by molar-refractivity contribution is -0.155. The van der Waals surface area contributed by atoms with Gasteiger partial charge in [-0.2, -0.15) is 0 Å². The summed E-state index contributed by atoms with van der Waals surface area (Å²) in [5, 5.41) is 10.6. The number of aliphatic hydroxyl groups excluding tert-OH is 1. The van der Waals surface area contributed by atoms with E-state index >= 15 is 0 Å². The SMILES string of the molecule is C/C=C1/CN2CCC34C(=Nc5ccccc53)C(CO)(C(=O)OC)[C@H]1C[C@H]24. The first-order chi connectivity index (χ1) is 12.6. The van der Waals surface area contributed by atoms with Gasteiger partial charge in [0, 0.05) is 25.0 Å². The monoisotopic (exact) mass is 352 g/mol. The molecule has 0 amide bonds. The van der Waals surface area contributed by atoms with E-state index in [1.54, 1.807) is 0 Å². The predicted octanol–water partition coefficient (Wildman–Crippen LogP) is 2.22. The molecule has 5 rings (SSSR count). The minimum absolute atomic E-state index is 0.0505. The molecule has 3 fully saturated rings. The maximum absolute atomic E-state index is 13.1. The summed E-state index contributed by atoms with van der Waals surface area (Å²) in [6.45, 7) is 3.62. The maximum atomic E-state index is 13.1. The number of methoxy groups -OCH3 is 1. The minimum Gasteiger partial charge on any atom is -0.468 e. The van der Waals surface area contributed by atoms with E-state index in [2.05, 4.69) is 23.1 Å². The number of para-hydroxylation sites is 1. The highest BCUT2D eigenvalue weighted by molar-refractivity contribution is 6.17. The van der Waals surface area contributed by atoms with Crippen molar-refractivity contribution in [3.8, 4) is 0 Å². The van der Waals surface area contributed by atoms with Gasteiger partial charge in [0.2, 0.25) is 0 Å². The van der Waals surface area contributed by atoms with Crippen molar-refractivity contribution in [2.24, 2.45) is 16.3 Å². The number of hydrogen-bond acceptors (Lipinski definition) is 5. The first-order valence-electron chi connectivity index (χ1n) is 9.41. The number of ether oxygens (including phenoxy) is 1. The van der Waals surface area contributed by atoms with E-state index in [4.69, 9.17) is 9.73 Å². The fourth-order valence-corrected chi connectivity index (χ4v) is 6.24. The third-order valence-corrected chi connectivity index (χ3v) is 7.32. The van der Waals surface area contributed by atoms with Crippen LogP contribution in [0, 0.1) is 11.3 Å². The van der Waals surface area contributed by atoms with E-state index in [0.29, 0.717) is 6.04 Å². The number of carbonyl (C=O) groups excluding carboxylic acids is 1. The number of carbonyl (C=O) groups is 1. The molecule has 5 nitrogen and oxygen atoms in total. The van der Waals surface area contributed by atoms with Gasteiger partial charge >= 0.3 is 5.97 Å². The average molecular weight is 352 g/mol. The Hall–Kier alpha value is -1.98. The number of aliphatic hydroxyl groups is 1. The first-order valence-corrected chi connectivity index (χ1v) is 9.41. The molecule has 1 aromatic carbocycles. The lowest BCUT2D eigenvalue weighted by Crippen LogP contribution is -2.67.